The first kappa shape index (κ1) is 20.6. The maximum atomic E-state index is 12.8. The van der Waals surface area contributed by atoms with E-state index in [-0.39, 0.29) is 16.8 Å². The molecule has 0 heterocycles. The smallest absolute Gasteiger partial charge is 0.254 e. The lowest BCUT2D eigenvalue weighted by atomic mass is 10.1. The number of hydrogen-bond donors (Lipinski definition) is 0. The van der Waals surface area contributed by atoms with Crippen LogP contribution in [0.4, 0.5) is 0 Å². The molecule has 0 fully saturated rings. The summed E-state index contributed by atoms with van der Waals surface area (Å²) >= 11 is 0. The molecule has 6 nitrogen and oxygen atoms in total. The highest BCUT2D eigenvalue weighted by molar-refractivity contribution is 7.89. The number of hydrogen-bond acceptors (Lipinski definition) is 4. The van der Waals surface area contributed by atoms with Gasteiger partial charge in [0.15, 0.2) is 0 Å². The average Bonchev–Trinajstić information content (AvgIpc) is 2.58. The van der Waals surface area contributed by atoms with Crippen molar-refractivity contribution in [3.05, 3.63) is 29.8 Å². The van der Waals surface area contributed by atoms with Crippen LogP contribution in [0.3, 0.4) is 0 Å². The van der Waals surface area contributed by atoms with Crippen molar-refractivity contribution in [1.82, 2.24) is 9.21 Å². The third kappa shape index (κ3) is 4.78. The predicted octanol–water partition coefficient (Wildman–Crippen LogP) is 2.21. The van der Waals surface area contributed by atoms with Gasteiger partial charge in [-0.2, -0.15) is 0 Å². The summed E-state index contributed by atoms with van der Waals surface area (Å²) in [5.74, 6) is -0.102. The molecule has 0 saturated heterocycles. The van der Waals surface area contributed by atoms with Crippen LogP contribution in [0.1, 0.15) is 37.0 Å². The van der Waals surface area contributed by atoms with E-state index in [0.29, 0.717) is 18.7 Å². The molecule has 1 aromatic carbocycles. The van der Waals surface area contributed by atoms with Crippen molar-refractivity contribution in [2.45, 2.75) is 37.6 Å². The monoisotopic (exact) mass is 356 g/mol. The molecule has 0 aliphatic heterocycles. The quantitative estimate of drug-likeness (QED) is 0.680. The minimum absolute atomic E-state index is 0.102. The first-order valence-electron chi connectivity index (χ1n) is 8.12. The van der Waals surface area contributed by atoms with Crippen molar-refractivity contribution in [1.29, 1.82) is 0 Å². The van der Waals surface area contributed by atoms with Gasteiger partial charge in [-0.15, -0.1) is 0 Å². The number of amides is 1. The van der Waals surface area contributed by atoms with Crippen LogP contribution in [0.2, 0.25) is 0 Å². The number of rotatable bonds is 9. The van der Waals surface area contributed by atoms with Gasteiger partial charge >= 0.3 is 0 Å². The van der Waals surface area contributed by atoms with Crippen molar-refractivity contribution >= 4 is 15.9 Å². The lowest BCUT2D eigenvalue weighted by Crippen LogP contribution is -2.41. The van der Waals surface area contributed by atoms with Gasteiger partial charge in [0.1, 0.15) is 0 Å². The fourth-order valence-electron chi connectivity index (χ4n) is 2.52. The van der Waals surface area contributed by atoms with E-state index in [0.717, 1.165) is 17.1 Å². The van der Waals surface area contributed by atoms with Gasteiger partial charge in [-0.25, -0.2) is 12.7 Å². The van der Waals surface area contributed by atoms with E-state index in [1.807, 2.05) is 13.8 Å². The molecular weight excluding hydrogens is 328 g/mol. The molecule has 0 unspecified atom stereocenters. The van der Waals surface area contributed by atoms with Crippen LogP contribution in [-0.4, -0.2) is 63.9 Å². The van der Waals surface area contributed by atoms with Gasteiger partial charge in [-0.05, 0) is 37.1 Å². The lowest BCUT2D eigenvalue weighted by molar-refractivity contribution is 0.0589. The van der Waals surface area contributed by atoms with Crippen molar-refractivity contribution in [3.8, 4) is 0 Å². The van der Waals surface area contributed by atoms with Crippen LogP contribution in [0.25, 0.3) is 0 Å². The third-order valence-corrected chi connectivity index (χ3v) is 5.89. The minimum Gasteiger partial charge on any atom is -0.383 e. The van der Waals surface area contributed by atoms with Crippen LogP contribution in [0.15, 0.2) is 29.2 Å². The van der Waals surface area contributed by atoms with E-state index in [4.69, 9.17) is 4.74 Å². The molecule has 1 rings (SSSR count). The maximum Gasteiger partial charge on any atom is 0.254 e. The molecular formula is C17H28N2O4S. The summed E-state index contributed by atoms with van der Waals surface area (Å²) in [5.41, 5.74) is 0.482. The molecule has 0 aliphatic rings. The molecule has 7 heteroatoms. The first-order valence-corrected chi connectivity index (χ1v) is 9.56. The Morgan fingerprint density at radius 1 is 1.12 bits per heavy atom. The summed E-state index contributed by atoms with van der Waals surface area (Å²) in [6.45, 7) is 5.08. The Labute approximate surface area is 145 Å². The van der Waals surface area contributed by atoms with Gasteiger partial charge in [0.25, 0.3) is 5.91 Å². The van der Waals surface area contributed by atoms with Crippen molar-refractivity contribution in [2.75, 3.05) is 34.4 Å². The Balaban J connectivity index is 3.07. The number of carbonyl (C=O) groups excluding carboxylic acids is 1. The molecule has 0 saturated carbocycles. The first-order chi connectivity index (χ1) is 11.3. The van der Waals surface area contributed by atoms with Gasteiger partial charge in [-0.1, -0.05) is 13.8 Å². The number of nitrogens with zero attached hydrogens (tertiary/aromatic N) is 2. The standard InChI is InChI=1S/C17H28N2O4S/c1-6-15(7-2)19(12-13-23-5)17(20)14-8-10-16(11-9-14)24(21,22)18(3)4/h8-11,15H,6-7,12-13H2,1-5H3. The number of carbonyl (C=O) groups is 1. The Bertz CT molecular complexity index is 622. The molecule has 136 valence electrons. The summed E-state index contributed by atoms with van der Waals surface area (Å²) in [7, 11) is 1.08. The summed E-state index contributed by atoms with van der Waals surface area (Å²) < 4.78 is 30.5. The molecule has 0 N–H and O–H groups in total. The molecule has 1 aromatic rings. The van der Waals surface area contributed by atoms with Crippen LogP contribution in [0, 0.1) is 0 Å². The molecule has 0 radical (unpaired) electrons. The Kier molecular flexibility index (Phi) is 7.86. The molecule has 0 aliphatic carbocycles. The molecule has 0 bridgehead atoms. The van der Waals surface area contributed by atoms with E-state index in [1.165, 1.54) is 26.2 Å². The fraction of sp³-hybridized carbons (Fsp3) is 0.588. The number of ether oxygens (including phenoxy) is 1. The van der Waals surface area contributed by atoms with E-state index in [9.17, 15) is 13.2 Å². The average molecular weight is 356 g/mol. The van der Waals surface area contributed by atoms with Crippen LogP contribution in [-0.2, 0) is 14.8 Å². The third-order valence-electron chi connectivity index (χ3n) is 4.06. The second-order valence-corrected chi connectivity index (χ2v) is 7.93. The normalized spacial score (nSPS) is 12.0. The molecule has 0 atom stereocenters. The summed E-state index contributed by atoms with van der Waals surface area (Å²) in [6.07, 6.45) is 1.72. The Hall–Kier alpha value is -1.44. The van der Waals surface area contributed by atoms with Crippen molar-refractivity contribution in [3.63, 3.8) is 0 Å². The molecule has 0 aromatic heterocycles. The molecule has 0 spiro atoms. The van der Waals surface area contributed by atoms with Crippen molar-refractivity contribution < 1.29 is 17.9 Å². The van der Waals surface area contributed by atoms with Gasteiger partial charge in [0, 0.05) is 39.4 Å². The van der Waals surface area contributed by atoms with Crippen LogP contribution in [0.5, 0.6) is 0 Å². The second kappa shape index (κ2) is 9.15. The largest absolute Gasteiger partial charge is 0.383 e. The molecule has 1 amide bonds. The Morgan fingerprint density at radius 3 is 2.08 bits per heavy atom. The van der Waals surface area contributed by atoms with Gasteiger partial charge < -0.3 is 9.64 Å². The van der Waals surface area contributed by atoms with Crippen LogP contribution >= 0.6 is 0 Å². The topological polar surface area (TPSA) is 66.9 Å². The lowest BCUT2D eigenvalue weighted by Gasteiger charge is -2.30. The number of sulfonamides is 1. The number of methoxy groups -OCH3 is 1. The zero-order valence-corrected chi connectivity index (χ0v) is 16.0. The second-order valence-electron chi connectivity index (χ2n) is 5.77. The van der Waals surface area contributed by atoms with E-state index in [1.54, 1.807) is 24.1 Å². The summed E-state index contributed by atoms with van der Waals surface area (Å²) in [6, 6.07) is 6.23. The van der Waals surface area contributed by atoms with E-state index in [2.05, 4.69) is 0 Å². The predicted molar refractivity (Wildman–Crippen MR) is 94.6 cm³/mol. The highest BCUT2D eigenvalue weighted by Crippen LogP contribution is 2.17. The fourth-order valence-corrected chi connectivity index (χ4v) is 3.42. The van der Waals surface area contributed by atoms with Gasteiger partial charge in [0.2, 0.25) is 10.0 Å². The SMILES string of the molecule is CCC(CC)N(CCOC)C(=O)c1ccc(S(=O)(=O)N(C)C)cc1. The zero-order chi connectivity index (χ0) is 18.3. The highest BCUT2D eigenvalue weighted by atomic mass is 32.2. The van der Waals surface area contributed by atoms with Crippen LogP contribution < -0.4 is 0 Å². The van der Waals surface area contributed by atoms with E-state index >= 15 is 0 Å². The number of benzene rings is 1. The van der Waals surface area contributed by atoms with E-state index < -0.39 is 10.0 Å². The Morgan fingerprint density at radius 2 is 1.67 bits per heavy atom. The van der Waals surface area contributed by atoms with Gasteiger partial charge in [-0.3, -0.25) is 4.79 Å². The highest BCUT2D eigenvalue weighted by Gasteiger charge is 2.23. The molecule has 24 heavy (non-hydrogen) atoms. The minimum atomic E-state index is -3.49. The maximum absolute atomic E-state index is 12.8. The summed E-state index contributed by atoms with van der Waals surface area (Å²) in [5, 5.41) is 0. The zero-order valence-electron chi connectivity index (χ0n) is 15.2. The summed E-state index contributed by atoms with van der Waals surface area (Å²) in [4.78, 5) is 14.8. The van der Waals surface area contributed by atoms with Gasteiger partial charge in [0.05, 0.1) is 11.5 Å². The van der Waals surface area contributed by atoms with Crippen molar-refractivity contribution in [2.24, 2.45) is 0 Å².